The third-order valence-corrected chi connectivity index (χ3v) is 5.03. The summed E-state index contributed by atoms with van der Waals surface area (Å²) in [5.41, 5.74) is 2.67. The molecule has 1 aliphatic heterocycles. The molecule has 0 aromatic heterocycles. The lowest BCUT2D eigenvalue weighted by Gasteiger charge is -2.34. The number of aliphatic hydroxyl groups is 1. The van der Waals surface area contributed by atoms with E-state index in [0.29, 0.717) is 32.6 Å². The molecule has 2 N–H and O–H groups in total. The molecular formula is C20H24ClNO2. The molecule has 0 spiro atoms. The van der Waals surface area contributed by atoms with Gasteiger partial charge in [-0.05, 0) is 24.1 Å². The average Bonchev–Trinajstić information content (AvgIpc) is 2.58. The first kappa shape index (κ1) is 17.4. The smallest absolute Gasteiger partial charge is 0.0815 e. The first-order valence-corrected chi connectivity index (χ1v) is 8.80. The van der Waals surface area contributed by atoms with E-state index in [4.69, 9.17) is 16.3 Å². The normalized spacial score (nSPS) is 18.3. The van der Waals surface area contributed by atoms with E-state index in [1.807, 2.05) is 24.3 Å². The van der Waals surface area contributed by atoms with Crippen molar-refractivity contribution in [1.29, 1.82) is 0 Å². The van der Waals surface area contributed by atoms with Gasteiger partial charge in [-0.25, -0.2) is 0 Å². The van der Waals surface area contributed by atoms with Gasteiger partial charge >= 0.3 is 0 Å². The first-order valence-electron chi connectivity index (χ1n) is 8.42. The van der Waals surface area contributed by atoms with E-state index in [1.165, 1.54) is 5.56 Å². The Bertz CT molecular complexity index is 666. The number of hydrogen-bond acceptors (Lipinski definition) is 3. The number of rotatable bonds is 5. The summed E-state index contributed by atoms with van der Waals surface area (Å²) in [6.07, 6.45) is 1.31. The topological polar surface area (TPSA) is 41.5 Å². The predicted octanol–water partition coefficient (Wildman–Crippen LogP) is 3.87. The number of hydrogen-bond donors (Lipinski definition) is 2. The summed E-state index contributed by atoms with van der Waals surface area (Å²) in [5, 5.41) is 15.0. The molecule has 0 aliphatic carbocycles. The van der Waals surface area contributed by atoms with Crippen molar-refractivity contribution < 1.29 is 9.84 Å². The van der Waals surface area contributed by atoms with E-state index in [1.54, 1.807) is 0 Å². The molecule has 0 radical (unpaired) electrons. The third-order valence-electron chi connectivity index (χ3n) is 4.69. The Morgan fingerprint density at radius 3 is 2.46 bits per heavy atom. The van der Waals surface area contributed by atoms with Crippen LogP contribution in [0, 0.1) is 6.92 Å². The molecule has 1 saturated heterocycles. The van der Waals surface area contributed by atoms with Crippen LogP contribution < -0.4 is 5.32 Å². The third kappa shape index (κ3) is 4.17. The molecule has 0 amide bonds. The predicted molar refractivity (Wildman–Crippen MR) is 97.5 cm³/mol. The van der Waals surface area contributed by atoms with Gasteiger partial charge in [-0.1, -0.05) is 59.6 Å². The van der Waals surface area contributed by atoms with Crippen molar-refractivity contribution in [2.45, 2.75) is 31.4 Å². The number of ether oxygens (including phenoxy) is 1. The van der Waals surface area contributed by atoms with Gasteiger partial charge in [0.15, 0.2) is 0 Å². The molecule has 1 fully saturated rings. The van der Waals surface area contributed by atoms with Crippen molar-refractivity contribution in [3.05, 3.63) is 70.2 Å². The summed E-state index contributed by atoms with van der Waals surface area (Å²) in [7, 11) is 0. The largest absolute Gasteiger partial charge is 0.388 e. The molecule has 0 saturated carbocycles. The van der Waals surface area contributed by atoms with Crippen molar-refractivity contribution in [3.63, 3.8) is 0 Å². The van der Waals surface area contributed by atoms with Gasteiger partial charge in [0.2, 0.25) is 0 Å². The van der Waals surface area contributed by atoms with E-state index in [2.05, 4.69) is 36.5 Å². The molecule has 128 valence electrons. The van der Waals surface area contributed by atoms with Crippen LogP contribution >= 0.6 is 11.6 Å². The fraction of sp³-hybridized carbons (Fsp3) is 0.400. The minimum Gasteiger partial charge on any atom is -0.388 e. The number of halogens is 1. The highest BCUT2D eigenvalue weighted by molar-refractivity contribution is 6.31. The Labute approximate surface area is 148 Å². The van der Waals surface area contributed by atoms with Gasteiger partial charge in [0.05, 0.1) is 11.6 Å². The monoisotopic (exact) mass is 345 g/mol. The van der Waals surface area contributed by atoms with Crippen LogP contribution in [0.1, 0.15) is 35.6 Å². The molecule has 1 unspecified atom stereocenters. The van der Waals surface area contributed by atoms with Gasteiger partial charge in [-0.3, -0.25) is 0 Å². The zero-order valence-electron chi connectivity index (χ0n) is 14.0. The quantitative estimate of drug-likeness (QED) is 0.864. The van der Waals surface area contributed by atoms with Gasteiger partial charge in [0.1, 0.15) is 0 Å². The maximum Gasteiger partial charge on any atom is 0.0815 e. The van der Waals surface area contributed by atoms with E-state index < -0.39 is 5.60 Å². The zero-order chi connectivity index (χ0) is 17.0. The molecule has 24 heavy (non-hydrogen) atoms. The molecule has 1 heterocycles. The van der Waals surface area contributed by atoms with Crippen LogP contribution in [0.5, 0.6) is 0 Å². The van der Waals surface area contributed by atoms with Gasteiger partial charge in [-0.15, -0.1) is 0 Å². The van der Waals surface area contributed by atoms with Gasteiger partial charge in [0, 0.05) is 37.6 Å². The SMILES string of the molecule is Cc1ccc(C(NCC2(O)CCOCC2)c2ccccc2Cl)cc1. The van der Waals surface area contributed by atoms with Crippen LogP contribution in [-0.4, -0.2) is 30.5 Å². The van der Waals surface area contributed by atoms with Crippen LogP contribution in [-0.2, 0) is 4.74 Å². The highest BCUT2D eigenvalue weighted by Gasteiger charge is 2.31. The van der Waals surface area contributed by atoms with Crippen molar-refractivity contribution in [1.82, 2.24) is 5.32 Å². The van der Waals surface area contributed by atoms with Gasteiger partial charge < -0.3 is 15.2 Å². The lowest BCUT2D eigenvalue weighted by atomic mass is 9.92. The Balaban J connectivity index is 1.85. The van der Waals surface area contributed by atoms with Crippen molar-refractivity contribution in [3.8, 4) is 0 Å². The second-order valence-electron chi connectivity index (χ2n) is 6.58. The number of nitrogens with one attached hydrogen (secondary N) is 1. The lowest BCUT2D eigenvalue weighted by molar-refractivity contribution is -0.0623. The van der Waals surface area contributed by atoms with Crippen molar-refractivity contribution >= 4 is 11.6 Å². The van der Waals surface area contributed by atoms with E-state index >= 15 is 0 Å². The highest BCUT2D eigenvalue weighted by atomic mass is 35.5. The number of benzene rings is 2. The van der Waals surface area contributed by atoms with Crippen LogP contribution in [0.15, 0.2) is 48.5 Å². The van der Waals surface area contributed by atoms with E-state index in [-0.39, 0.29) is 6.04 Å². The first-order chi connectivity index (χ1) is 11.6. The Morgan fingerprint density at radius 2 is 1.79 bits per heavy atom. The summed E-state index contributed by atoms with van der Waals surface area (Å²) >= 11 is 6.43. The average molecular weight is 346 g/mol. The van der Waals surface area contributed by atoms with Gasteiger partial charge in [0.25, 0.3) is 0 Å². The summed E-state index contributed by atoms with van der Waals surface area (Å²) in [6, 6.07) is 16.3. The zero-order valence-corrected chi connectivity index (χ0v) is 14.7. The minimum atomic E-state index is -0.720. The molecule has 4 heteroatoms. The standard InChI is InChI=1S/C20H24ClNO2/c1-15-6-8-16(9-7-15)19(17-4-2-3-5-18(17)21)22-14-20(23)10-12-24-13-11-20/h2-9,19,22-23H,10-14H2,1H3. The summed E-state index contributed by atoms with van der Waals surface area (Å²) in [5.74, 6) is 0. The second-order valence-corrected chi connectivity index (χ2v) is 6.99. The molecule has 1 aliphatic rings. The second kappa shape index (κ2) is 7.66. The van der Waals surface area contributed by atoms with Crippen LogP contribution in [0.2, 0.25) is 5.02 Å². The highest BCUT2D eigenvalue weighted by Crippen LogP contribution is 2.30. The van der Waals surface area contributed by atoms with E-state index in [0.717, 1.165) is 16.1 Å². The lowest BCUT2D eigenvalue weighted by Crippen LogP contribution is -2.46. The summed E-state index contributed by atoms with van der Waals surface area (Å²) in [4.78, 5) is 0. The summed E-state index contributed by atoms with van der Waals surface area (Å²) < 4.78 is 5.36. The van der Waals surface area contributed by atoms with Crippen LogP contribution in [0.4, 0.5) is 0 Å². The fourth-order valence-corrected chi connectivity index (χ4v) is 3.34. The van der Waals surface area contributed by atoms with Crippen molar-refractivity contribution in [2.75, 3.05) is 19.8 Å². The fourth-order valence-electron chi connectivity index (χ4n) is 3.10. The van der Waals surface area contributed by atoms with Crippen LogP contribution in [0.3, 0.4) is 0 Å². The number of aryl methyl sites for hydroxylation is 1. The maximum absolute atomic E-state index is 10.8. The molecule has 1 atom stereocenters. The molecule has 3 rings (SSSR count). The Hall–Kier alpha value is -1.39. The van der Waals surface area contributed by atoms with E-state index in [9.17, 15) is 5.11 Å². The molecular weight excluding hydrogens is 322 g/mol. The van der Waals surface area contributed by atoms with Crippen molar-refractivity contribution in [2.24, 2.45) is 0 Å². The molecule has 3 nitrogen and oxygen atoms in total. The molecule has 0 bridgehead atoms. The maximum atomic E-state index is 10.8. The van der Waals surface area contributed by atoms with Crippen LogP contribution in [0.25, 0.3) is 0 Å². The Kier molecular flexibility index (Phi) is 5.57. The molecule has 2 aromatic carbocycles. The summed E-state index contributed by atoms with van der Waals surface area (Å²) in [6.45, 7) is 3.81. The Morgan fingerprint density at radius 1 is 1.12 bits per heavy atom. The minimum absolute atomic E-state index is 0.0498. The molecule has 2 aromatic rings. The van der Waals surface area contributed by atoms with Gasteiger partial charge in [-0.2, -0.15) is 0 Å².